The number of carbonyl (C=O) groups is 1. The zero-order valence-electron chi connectivity index (χ0n) is 13.0. The summed E-state index contributed by atoms with van der Waals surface area (Å²) in [6.07, 6.45) is 0. The van der Waals surface area contributed by atoms with Crippen molar-refractivity contribution < 1.29 is 19.2 Å². The molecule has 3 aromatic rings. The van der Waals surface area contributed by atoms with Crippen LogP contribution in [-0.4, -0.2) is 10.9 Å². The third kappa shape index (κ3) is 4.42. The summed E-state index contributed by atoms with van der Waals surface area (Å²) >= 11 is 1.33. The van der Waals surface area contributed by atoms with Crippen LogP contribution in [0, 0.1) is 10.1 Å². The lowest BCUT2D eigenvalue weighted by atomic mass is 10.2. The molecule has 0 spiro atoms. The van der Waals surface area contributed by atoms with Gasteiger partial charge in [-0.1, -0.05) is 18.2 Å². The Morgan fingerprint density at radius 2 is 1.84 bits per heavy atom. The van der Waals surface area contributed by atoms with Crippen molar-refractivity contribution in [1.82, 2.24) is 0 Å². The minimum absolute atomic E-state index is 0.00147. The van der Waals surface area contributed by atoms with Crippen LogP contribution >= 0.6 is 11.3 Å². The van der Waals surface area contributed by atoms with E-state index in [1.165, 1.54) is 35.6 Å². The Kier molecular flexibility index (Phi) is 5.06. The molecule has 0 saturated carbocycles. The molecule has 2 aromatic carbocycles. The highest BCUT2D eigenvalue weighted by atomic mass is 32.1. The van der Waals surface area contributed by atoms with Gasteiger partial charge in [0.25, 0.3) is 5.69 Å². The molecule has 0 aliphatic rings. The smallest absolute Gasteiger partial charge is 0.348 e. The van der Waals surface area contributed by atoms with Gasteiger partial charge in [-0.05, 0) is 41.3 Å². The van der Waals surface area contributed by atoms with Crippen LogP contribution < -0.4 is 4.74 Å². The molecular formula is C18H13NO5S. The number of hydrogen-bond acceptors (Lipinski definition) is 6. The summed E-state index contributed by atoms with van der Waals surface area (Å²) in [4.78, 5) is 22.6. The number of nitro groups is 1. The van der Waals surface area contributed by atoms with Crippen LogP contribution in [0.5, 0.6) is 11.5 Å². The number of non-ortho nitro benzene ring substituents is 1. The molecule has 0 amide bonds. The molecule has 0 fully saturated rings. The van der Waals surface area contributed by atoms with Crippen LogP contribution in [0.15, 0.2) is 66.0 Å². The van der Waals surface area contributed by atoms with Crippen molar-refractivity contribution in [2.75, 3.05) is 0 Å². The molecule has 7 heteroatoms. The molecule has 1 aromatic heterocycles. The van der Waals surface area contributed by atoms with Crippen molar-refractivity contribution in [3.63, 3.8) is 0 Å². The molecule has 0 saturated heterocycles. The van der Waals surface area contributed by atoms with Crippen LogP contribution in [0.2, 0.25) is 0 Å². The van der Waals surface area contributed by atoms with Gasteiger partial charge in [-0.3, -0.25) is 10.1 Å². The number of nitro benzene ring substituents is 1. The summed E-state index contributed by atoms with van der Waals surface area (Å²) in [5, 5.41) is 12.5. The topological polar surface area (TPSA) is 78.7 Å². The largest absolute Gasteiger partial charge is 0.457 e. The van der Waals surface area contributed by atoms with Crippen molar-refractivity contribution >= 4 is 23.0 Å². The van der Waals surface area contributed by atoms with E-state index in [-0.39, 0.29) is 18.3 Å². The number of carbonyl (C=O) groups excluding carboxylic acids is 1. The van der Waals surface area contributed by atoms with Gasteiger partial charge in [0.1, 0.15) is 23.0 Å². The van der Waals surface area contributed by atoms with Gasteiger partial charge in [0.05, 0.1) is 4.92 Å². The number of ether oxygens (including phenoxy) is 2. The predicted octanol–water partition coefficient (Wildman–Crippen LogP) is 4.81. The molecule has 0 atom stereocenters. The van der Waals surface area contributed by atoms with E-state index in [2.05, 4.69) is 0 Å². The Labute approximate surface area is 147 Å². The minimum Gasteiger partial charge on any atom is -0.457 e. The highest BCUT2D eigenvalue weighted by Gasteiger charge is 2.09. The molecule has 0 radical (unpaired) electrons. The zero-order valence-corrected chi connectivity index (χ0v) is 13.8. The van der Waals surface area contributed by atoms with Gasteiger partial charge in [-0.2, -0.15) is 0 Å². The molecule has 0 aliphatic heterocycles. The van der Waals surface area contributed by atoms with Gasteiger partial charge < -0.3 is 9.47 Å². The standard InChI is InChI=1S/C18H13NO5S/c20-18(17-5-2-10-25-17)23-12-13-3-1-4-16(11-13)24-15-8-6-14(7-9-15)19(21)22/h1-11H,12H2. The molecule has 0 aliphatic carbocycles. The van der Waals surface area contributed by atoms with E-state index in [1.54, 1.807) is 30.3 Å². The number of benzene rings is 2. The summed E-state index contributed by atoms with van der Waals surface area (Å²) in [6, 6.07) is 16.4. The Hall–Kier alpha value is -3.19. The maximum absolute atomic E-state index is 11.8. The average Bonchev–Trinajstić information content (AvgIpc) is 3.15. The second-order valence-corrected chi connectivity index (χ2v) is 6.00. The Morgan fingerprint density at radius 1 is 1.04 bits per heavy atom. The van der Waals surface area contributed by atoms with Crippen molar-refractivity contribution in [2.24, 2.45) is 0 Å². The van der Waals surface area contributed by atoms with Crippen LogP contribution in [0.3, 0.4) is 0 Å². The van der Waals surface area contributed by atoms with Gasteiger partial charge in [0.15, 0.2) is 0 Å². The third-order valence-electron chi connectivity index (χ3n) is 3.27. The van der Waals surface area contributed by atoms with Gasteiger partial charge in [-0.15, -0.1) is 11.3 Å². The fourth-order valence-corrected chi connectivity index (χ4v) is 2.70. The zero-order chi connectivity index (χ0) is 17.6. The van der Waals surface area contributed by atoms with Gasteiger partial charge in [-0.25, -0.2) is 4.79 Å². The van der Waals surface area contributed by atoms with Crippen molar-refractivity contribution in [1.29, 1.82) is 0 Å². The Bertz CT molecular complexity index is 875. The first kappa shape index (κ1) is 16.7. The second-order valence-electron chi connectivity index (χ2n) is 5.05. The van der Waals surface area contributed by atoms with E-state index in [0.29, 0.717) is 16.4 Å². The highest BCUT2D eigenvalue weighted by molar-refractivity contribution is 7.11. The van der Waals surface area contributed by atoms with E-state index >= 15 is 0 Å². The van der Waals surface area contributed by atoms with Crippen LogP contribution in [-0.2, 0) is 11.3 Å². The predicted molar refractivity (Wildman–Crippen MR) is 93.1 cm³/mol. The summed E-state index contributed by atoms with van der Waals surface area (Å²) in [5.74, 6) is 0.675. The summed E-state index contributed by atoms with van der Waals surface area (Å²) in [6.45, 7) is 0.133. The molecule has 1 heterocycles. The quantitative estimate of drug-likeness (QED) is 0.360. The van der Waals surface area contributed by atoms with E-state index in [4.69, 9.17) is 9.47 Å². The van der Waals surface area contributed by atoms with Gasteiger partial charge in [0, 0.05) is 12.1 Å². The van der Waals surface area contributed by atoms with Crippen molar-refractivity contribution in [2.45, 2.75) is 6.61 Å². The number of nitrogens with zero attached hydrogens (tertiary/aromatic N) is 1. The van der Waals surface area contributed by atoms with Gasteiger partial charge >= 0.3 is 5.97 Å². The lowest BCUT2D eigenvalue weighted by Crippen LogP contribution is -2.03. The third-order valence-corrected chi connectivity index (χ3v) is 4.12. The molecule has 0 N–H and O–H groups in total. The molecule has 0 unspecified atom stereocenters. The fraction of sp³-hybridized carbons (Fsp3) is 0.0556. The normalized spacial score (nSPS) is 10.2. The molecule has 126 valence electrons. The van der Waals surface area contributed by atoms with Crippen LogP contribution in [0.25, 0.3) is 0 Å². The van der Waals surface area contributed by atoms with E-state index in [1.807, 2.05) is 11.4 Å². The summed E-state index contributed by atoms with van der Waals surface area (Å²) in [5.41, 5.74) is 0.783. The number of rotatable bonds is 6. The Balaban J connectivity index is 1.63. The first-order valence-corrected chi connectivity index (χ1v) is 8.22. The van der Waals surface area contributed by atoms with E-state index in [0.717, 1.165) is 5.56 Å². The van der Waals surface area contributed by atoms with E-state index in [9.17, 15) is 14.9 Å². The van der Waals surface area contributed by atoms with Crippen LogP contribution in [0.1, 0.15) is 15.2 Å². The van der Waals surface area contributed by atoms with Crippen molar-refractivity contribution in [3.8, 4) is 11.5 Å². The molecule has 0 bridgehead atoms. The average molecular weight is 355 g/mol. The number of hydrogen-bond donors (Lipinski definition) is 0. The fourth-order valence-electron chi connectivity index (χ4n) is 2.09. The lowest BCUT2D eigenvalue weighted by Gasteiger charge is -2.08. The van der Waals surface area contributed by atoms with Crippen LogP contribution in [0.4, 0.5) is 5.69 Å². The maximum Gasteiger partial charge on any atom is 0.348 e. The number of thiophene rings is 1. The molecule has 3 rings (SSSR count). The number of esters is 1. The monoisotopic (exact) mass is 355 g/mol. The molecule has 6 nitrogen and oxygen atoms in total. The van der Waals surface area contributed by atoms with E-state index < -0.39 is 4.92 Å². The summed E-state index contributed by atoms with van der Waals surface area (Å²) < 4.78 is 10.9. The first-order chi connectivity index (χ1) is 12.1. The van der Waals surface area contributed by atoms with Gasteiger partial charge in [0.2, 0.25) is 0 Å². The lowest BCUT2D eigenvalue weighted by molar-refractivity contribution is -0.384. The Morgan fingerprint density at radius 3 is 2.52 bits per heavy atom. The summed E-state index contributed by atoms with van der Waals surface area (Å²) in [7, 11) is 0. The SMILES string of the molecule is O=C(OCc1cccc(Oc2ccc([N+](=O)[O-])cc2)c1)c1cccs1. The van der Waals surface area contributed by atoms with Crippen molar-refractivity contribution in [3.05, 3.63) is 86.6 Å². The second kappa shape index (κ2) is 7.59. The maximum atomic E-state index is 11.8. The minimum atomic E-state index is -0.466. The first-order valence-electron chi connectivity index (χ1n) is 7.34. The highest BCUT2D eigenvalue weighted by Crippen LogP contribution is 2.25. The molecular weight excluding hydrogens is 342 g/mol. The molecule has 25 heavy (non-hydrogen) atoms.